The van der Waals surface area contributed by atoms with Gasteiger partial charge in [0.2, 0.25) is 0 Å². The van der Waals surface area contributed by atoms with Gasteiger partial charge in [-0.1, -0.05) is 17.3 Å². The summed E-state index contributed by atoms with van der Waals surface area (Å²) in [5, 5.41) is 8.15. The molecule has 0 aliphatic heterocycles. The fourth-order valence-corrected chi connectivity index (χ4v) is 2.40. The zero-order valence-corrected chi connectivity index (χ0v) is 11.4. The standard InChI is InChI=1S/C13H9N3O4S/c17-13-11-3-1-2-4-12(11)14-15-16(13)9-5-7-10(8-6-9)21(18,19)20/h1-8H,(H,18,19,20). The van der Waals surface area contributed by atoms with E-state index in [9.17, 15) is 13.2 Å². The first-order valence-corrected chi connectivity index (χ1v) is 7.33. The maximum absolute atomic E-state index is 12.3. The first-order valence-electron chi connectivity index (χ1n) is 5.89. The molecule has 0 bridgehead atoms. The number of fused-ring (bicyclic) bond motifs is 1. The second-order valence-electron chi connectivity index (χ2n) is 4.29. The van der Waals surface area contributed by atoms with Gasteiger partial charge in [-0.25, -0.2) is 0 Å². The van der Waals surface area contributed by atoms with E-state index in [-0.39, 0.29) is 10.5 Å². The van der Waals surface area contributed by atoms with E-state index in [1.54, 1.807) is 24.3 Å². The van der Waals surface area contributed by atoms with Gasteiger partial charge in [-0.2, -0.15) is 13.1 Å². The van der Waals surface area contributed by atoms with E-state index in [1.807, 2.05) is 0 Å². The fourth-order valence-electron chi connectivity index (χ4n) is 1.92. The maximum Gasteiger partial charge on any atom is 0.294 e. The van der Waals surface area contributed by atoms with Crippen LogP contribution in [0, 0.1) is 0 Å². The van der Waals surface area contributed by atoms with Crippen LogP contribution in [0.25, 0.3) is 16.6 Å². The van der Waals surface area contributed by atoms with E-state index in [1.165, 1.54) is 24.3 Å². The summed E-state index contributed by atoms with van der Waals surface area (Å²) < 4.78 is 32.0. The summed E-state index contributed by atoms with van der Waals surface area (Å²) in [7, 11) is -4.27. The third-order valence-electron chi connectivity index (χ3n) is 2.95. The molecule has 1 aromatic heterocycles. The van der Waals surface area contributed by atoms with Crippen LogP contribution in [-0.4, -0.2) is 28.0 Å². The number of rotatable bonds is 2. The van der Waals surface area contributed by atoms with Crippen molar-refractivity contribution < 1.29 is 13.0 Å². The Kier molecular flexibility index (Phi) is 3.04. The van der Waals surface area contributed by atoms with Crippen molar-refractivity contribution in [2.24, 2.45) is 0 Å². The van der Waals surface area contributed by atoms with E-state index in [4.69, 9.17) is 4.55 Å². The van der Waals surface area contributed by atoms with Gasteiger partial charge in [0.1, 0.15) is 5.52 Å². The molecular weight excluding hydrogens is 294 g/mol. The Hall–Kier alpha value is -2.58. The highest BCUT2D eigenvalue weighted by atomic mass is 32.2. The number of nitrogens with zero attached hydrogens (tertiary/aromatic N) is 3. The van der Waals surface area contributed by atoms with Crippen molar-refractivity contribution in [3.8, 4) is 5.69 Å². The summed E-state index contributed by atoms with van der Waals surface area (Å²) in [5.74, 6) is 0. The molecule has 0 unspecified atom stereocenters. The highest BCUT2D eigenvalue weighted by Gasteiger charge is 2.11. The number of hydrogen-bond acceptors (Lipinski definition) is 5. The molecule has 8 heteroatoms. The zero-order chi connectivity index (χ0) is 15.0. The van der Waals surface area contributed by atoms with Crippen LogP contribution in [0.5, 0.6) is 0 Å². The molecule has 1 N–H and O–H groups in total. The number of aromatic nitrogens is 3. The average Bonchev–Trinajstić information content (AvgIpc) is 2.47. The van der Waals surface area contributed by atoms with E-state index >= 15 is 0 Å². The molecule has 0 spiro atoms. The highest BCUT2D eigenvalue weighted by Crippen LogP contribution is 2.12. The molecule has 106 valence electrons. The molecule has 0 aliphatic carbocycles. The van der Waals surface area contributed by atoms with E-state index in [0.29, 0.717) is 16.6 Å². The van der Waals surface area contributed by atoms with Crippen LogP contribution in [0.1, 0.15) is 0 Å². The Labute approximate surface area is 119 Å². The van der Waals surface area contributed by atoms with Crippen LogP contribution >= 0.6 is 0 Å². The SMILES string of the molecule is O=c1c2ccccc2nnn1-c1ccc(S(=O)(=O)O)cc1. The molecule has 0 saturated heterocycles. The van der Waals surface area contributed by atoms with Crippen molar-refractivity contribution >= 4 is 21.0 Å². The van der Waals surface area contributed by atoms with Crippen molar-refractivity contribution in [1.82, 2.24) is 15.0 Å². The lowest BCUT2D eigenvalue weighted by molar-refractivity contribution is 0.483. The first kappa shape index (κ1) is 13.4. The van der Waals surface area contributed by atoms with Crippen molar-refractivity contribution in [2.45, 2.75) is 4.90 Å². The highest BCUT2D eigenvalue weighted by molar-refractivity contribution is 7.85. The van der Waals surface area contributed by atoms with Gasteiger partial charge in [0.05, 0.1) is 16.0 Å². The predicted octanol–water partition coefficient (Wildman–Crippen LogP) is 1.03. The normalized spacial score (nSPS) is 11.7. The Morgan fingerprint density at radius 1 is 1.00 bits per heavy atom. The fraction of sp³-hybridized carbons (Fsp3) is 0. The summed E-state index contributed by atoms with van der Waals surface area (Å²) in [6, 6.07) is 11.9. The summed E-state index contributed by atoms with van der Waals surface area (Å²) in [4.78, 5) is 12.0. The molecule has 0 atom stereocenters. The Balaban J connectivity index is 2.17. The summed E-state index contributed by atoms with van der Waals surface area (Å²) in [6.07, 6.45) is 0. The third-order valence-corrected chi connectivity index (χ3v) is 3.82. The lowest BCUT2D eigenvalue weighted by Crippen LogP contribution is -2.22. The second kappa shape index (κ2) is 4.76. The molecule has 0 fully saturated rings. The van der Waals surface area contributed by atoms with Gasteiger partial charge in [0, 0.05) is 0 Å². The molecule has 3 rings (SSSR count). The number of benzene rings is 2. The molecule has 0 saturated carbocycles. The Bertz CT molecular complexity index is 978. The van der Waals surface area contributed by atoms with Crippen molar-refractivity contribution in [3.05, 3.63) is 58.9 Å². The molecule has 7 nitrogen and oxygen atoms in total. The molecule has 0 amide bonds. The van der Waals surface area contributed by atoms with Crippen molar-refractivity contribution in [3.63, 3.8) is 0 Å². The smallest absolute Gasteiger partial charge is 0.282 e. The molecule has 2 aromatic carbocycles. The van der Waals surface area contributed by atoms with Gasteiger partial charge in [0.25, 0.3) is 15.7 Å². The maximum atomic E-state index is 12.3. The molecule has 1 heterocycles. The largest absolute Gasteiger partial charge is 0.294 e. The van der Waals surface area contributed by atoms with Crippen LogP contribution in [0.15, 0.2) is 58.2 Å². The lowest BCUT2D eigenvalue weighted by Gasteiger charge is -2.05. The van der Waals surface area contributed by atoms with Crippen molar-refractivity contribution in [2.75, 3.05) is 0 Å². The van der Waals surface area contributed by atoms with Crippen LogP contribution in [0.3, 0.4) is 0 Å². The predicted molar refractivity (Wildman–Crippen MR) is 74.9 cm³/mol. The molecule has 0 aliphatic rings. The van der Waals surface area contributed by atoms with Crippen molar-refractivity contribution in [1.29, 1.82) is 0 Å². The van der Waals surface area contributed by atoms with Crippen LogP contribution in [0.4, 0.5) is 0 Å². The Morgan fingerprint density at radius 3 is 2.33 bits per heavy atom. The molecular formula is C13H9N3O4S. The van der Waals surface area contributed by atoms with E-state index < -0.39 is 10.1 Å². The van der Waals surface area contributed by atoms with Crippen LogP contribution in [-0.2, 0) is 10.1 Å². The van der Waals surface area contributed by atoms with Crippen LogP contribution in [0.2, 0.25) is 0 Å². The monoisotopic (exact) mass is 303 g/mol. The van der Waals surface area contributed by atoms with Crippen LogP contribution < -0.4 is 5.56 Å². The third kappa shape index (κ3) is 2.41. The first-order chi connectivity index (χ1) is 9.97. The van der Waals surface area contributed by atoms with E-state index in [0.717, 1.165) is 4.68 Å². The summed E-state index contributed by atoms with van der Waals surface area (Å²) in [6.45, 7) is 0. The minimum Gasteiger partial charge on any atom is -0.282 e. The van der Waals surface area contributed by atoms with Gasteiger partial charge in [0.15, 0.2) is 0 Å². The zero-order valence-electron chi connectivity index (χ0n) is 10.5. The van der Waals surface area contributed by atoms with E-state index in [2.05, 4.69) is 10.3 Å². The van der Waals surface area contributed by atoms with Gasteiger partial charge in [-0.05, 0) is 36.4 Å². The summed E-state index contributed by atoms with van der Waals surface area (Å²) in [5.41, 5.74) is 0.471. The van der Waals surface area contributed by atoms with Gasteiger partial charge in [-0.15, -0.1) is 5.10 Å². The molecule has 3 aromatic rings. The topological polar surface area (TPSA) is 102 Å². The quantitative estimate of drug-likeness (QED) is 0.709. The molecule has 0 radical (unpaired) electrons. The van der Waals surface area contributed by atoms with Gasteiger partial charge in [-0.3, -0.25) is 9.35 Å². The Morgan fingerprint density at radius 2 is 1.67 bits per heavy atom. The minimum atomic E-state index is -4.27. The molecule has 21 heavy (non-hydrogen) atoms. The second-order valence-corrected chi connectivity index (χ2v) is 5.71. The van der Waals surface area contributed by atoms with Gasteiger partial charge >= 0.3 is 0 Å². The lowest BCUT2D eigenvalue weighted by atomic mass is 10.2. The summed E-state index contributed by atoms with van der Waals surface area (Å²) >= 11 is 0. The number of hydrogen-bond donors (Lipinski definition) is 1. The minimum absolute atomic E-state index is 0.256. The average molecular weight is 303 g/mol. The van der Waals surface area contributed by atoms with Gasteiger partial charge < -0.3 is 0 Å².